The summed E-state index contributed by atoms with van der Waals surface area (Å²) >= 11 is 0. The topological polar surface area (TPSA) is 57.8 Å². The molecule has 2 aliphatic carbocycles. The van der Waals surface area contributed by atoms with Gasteiger partial charge in [-0.25, -0.2) is 4.98 Å². The number of hydrogen-bond donors (Lipinski definition) is 2. The van der Waals surface area contributed by atoms with Crippen molar-refractivity contribution in [1.82, 2.24) is 15.3 Å². The molecule has 0 bridgehead atoms. The Balaban J connectivity index is 1.48. The van der Waals surface area contributed by atoms with Crippen molar-refractivity contribution in [2.24, 2.45) is 11.8 Å². The molecule has 1 fully saturated rings. The van der Waals surface area contributed by atoms with Gasteiger partial charge in [-0.2, -0.15) is 0 Å². The van der Waals surface area contributed by atoms with Gasteiger partial charge < -0.3 is 10.3 Å². The number of aromatic amines is 1. The SMILES string of the molecule is O=C(NCC1CCCCC1)C1CCc2nc[nH]c2C1. The highest BCUT2D eigenvalue weighted by atomic mass is 16.1. The third kappa shape index (κ3) is 2.99. The molecule has 1 saturated carbocycles. The molecule has 1 amide bonds. The number of amides is 1. The second-order valence-corrected chi connectivity index (χ2v) is 6.02. The van der Waals surface area contributed by atoms with Gasteiger partial charge in [0.1, 0.15) is 0 Å². The molecule has 2 aliphatic rings. The fraction of sp³-hybridized carbons (Fsp3) is 0.733. The van der Waals surface area contributed by atoms with E-state index in [1.54, 1.807) is 6.33 Å². The predicted octanol–water partition coefficient (Wildman–Crippen LogP) is 2.21. The summed E-state index contributed by atoms with van der Waals surface area (Å²) in [5.41, 5.74) is 2.31. The van der Waals surface area contributed by atoms with E-state index in [1.165, 1.54) is 32.1 Å². The van der Waals surface area contributed by atoms with Gasteiger partial charge in [-0.15, -0.1) is 0 Å². The smallest absolute Gasteiger partial charge is 0.223 e. The Morgan fingerprint density at radius 3 is 3.00 bits per heavy atom. The van der Waals surface area contributed by atoms with E-state index in [-0.39, 0.29) is 11.8 Å². The lowest BCUT2D eigenvalue weighted by molar-refractivity contribution is -0.125. The van der Waals surface area contributed by atoms with E-state index in [0.29, 0.717) is 5.92 Å². The Hall–Kier alpha value is -1.32. The quantitative estimate of drug-likeness (QED) is 0.876. The summed E-state index contributed by atoms with van der Waals surface area (Å²) in [7, 11) is 0. The second kappa shape index (κ2) is 5.76. The number of imidazole rings is 1. The number of nitrogens with one attached hydrogen (secondary N) is 2. The fourth-order valence-electron chi connectivity index (χ4n) is 3.41. The molecular formula is C15H23N3O. The van der Waals surface area contributed by atoms with Crippen molar-refractivity contribution < 1.29 is 4.79 Å². The molecule has 0 spiro atoms. The maximum Gasteiger partial charge on any atom is 0.223 e. The molecular weight excluding hydrogens is 238 g/mol. The zero-order chi connectivity index (χ0) is 13.1. The molecule has 2 N–H and O–H groups in total. The highest BCUT2D eigenvalue weighted by Gasteiger charge is 2.26. The fourth-order valence-corrected chi connectivity index (χ4v) is 3.41. The highest BCUT2D eigenvalue weighted by Crippen LogP contribution is 2.25. The van der Waals surface area contributed by atoms with E-state index < -0.39 is 0 Å². The van der Waals surface area contributed by atoms with E-state index >= 15 is 0 Å². The molecule has 1 unspecified atom stereocenters. The molecule has 1 heterocycles. The molecule has 1 aromatic heterocycles. The molecule has 1 atom stereocenters. The number of rotatable bonds is 3. The minimum absolute atomic E-state index is 0.136. The summed E-state index contributed by atoms with van der Waals surface area (Å²) in [4.78, 5) is 19.7. The standard InChI is InChI=1S/C15H23N3O/c19-15(16-9-11-4-2-1-3-5-11)12-6-7-13-14(8-12)18-10-17-13/h10-12H,1-9H2,(H,16,19)(H,17,18). The third-order valence-corrected chi connectivity index (χ3v) is 4.65. The first-order valence-corrected chi connectivity index (χ1v) is 7.62. The average Bonchev–Trinajstić information content (AvgIpc) is 2.93. The first kappa shape index (κ1) is 12.7. The van der Waals surface area contributed by atoms with Crippen molar-refractivity contribution in [3.05, 3.63) is 17.7 Å². The Labute approximate surface area is 114 Å². The second-order valence-electron chi connectivity index (χ2n) is 6.02. The Bertz CT molecular complexity index is 434. The molecule has 0 aromatic carbocycles. The molecule has 3 rings (SSSR count). The van der Waals surface area contributed by atoms with Crippen LogP contribution >= 0.6 is 0 Å². The van der Waals surface area contributed by atoms with Crippen LogP contribution in [0.2, 0.25) is 0 Å². The average molecular weight is 261 g/mol. The summed E-state index contributed by atoms with van der Waals surface area (Å²) < 4.78 is 0. The lowest BCUT2D eigenvalue weighted by Crippen LogP contribution is -2.37. The van der Waals surface area contributed by atoms with Crippen LogP contribution in [0.15, 0.2) is 6.33 Å². The van der Waals surface area contributed by atoms with Gasteiger partial charge in [-0.3, -0.25) is 4.79 Å². The van der Waals surface area contributed by atoms with Gasteiger partial charge in [0, 0.05) is 24.6 Å². The van der Waals surface area contributed by atoms with Gasteiger partial charge in [-0.05, 0) is 31.6 Å². The molecule has 4 heteroatoms. The Morgan fingerprint density at radius 1 is 1.32 bits per heavy atom. The number of hydrogen-bond acceptors (Lipinski definition) is 2. The van der Waals surface area contributed by atoms with Crippen LogP contribution in [0.5, 0.6) is 0 Å². The number of aryl methyl sites for hydroxylation is 1. The van der Waals surface area contributed by atoms with Gasteiger partial charge >= 0.3 is 0 Å². The number of nitrogens with zero attached hydrogens (tertiary/aromatic N) is 1. The zero-order valence-electron chi connectivity index (χ0n) is 11.5. The number of carbonyl (C=O) groups excluding carboxylic acids is 1. The van der Waals surface area contributed by atoms with Crippen LogP contribution in [-0.2, 0) is 17.6 Å². The van der Waals surface area contributed by atoms with Gasteiger partial charge in [-0.1, -0.05) is 19.3 Å². The number of carbonyl (C=O) groups is 1. The first-order chi connectivity index (χ1) is 9.33. The van der Waals surface area contributed by atoms with Crippen LogP contribution < -0.4 is 5.32 Å². The predicted molar refractivity (Wildman–Crippen MR) is 73.7 cm³/mol. The lowest BCUT2D eigenvalue weighted by Gasteiger charge is -2.24. The van der Waals surface area contributed by atoms with E-state index in [2.05, 4.69) is 15.3 Å². The summed E-state index contributed by atoms with van der Waals surface area (Å²) in [6.07, 6.45) is 11.1. The molecule has 4 nitrogen and oxygen atoms in total. The van der Waals surface area contributed by atoms with Crippen LogP contribution in [0, 0.1) is 11.8 Å². The maximum atomic E-state index is 12.2. The number of H-pyrrole nitrogens is 1. The molecule has 19 heavy (non-hydrogen) atoms. The molecule has 0 saturated heterocycles. The highest BCUT2D eigenvalue weighted by molar-refractivity contribution is 5.79. The molecule has 0 radical (unpaired) electrons. The first-order valence-electron chi connectivity index (χ1n) is 7.62. The van der Waals surface area contributed by atoms with Crippen molar-refractivity contribution in [3.63, 3.8) is 0 Å². The molecule has 0 aliphatic heterocycles. The largest absolute Gasteiger partial charge is 0.356 e. The van der Waals surface area contributed by atoms with E-state index in [9.17, 15) is 4.79 Å². The van der Waals surface area contributed by atoms with E-state index in [4.69, 9.17) is 0 Å². The van der Waals surface area contributed by atoms with Gasteiger partial charge in [0.05, 0.1) is 12.0 Å². The van der Waals surface area contributed by atoms with E-state index in [1.807, 2.05) is 0 Å². The van der Waals surface area contributed by atoms with Crippen molar-refractivity contribution in [3.8, 4) is 0 Å². The zero-order valence-corrected chi connectivity index (χ0v) is 11.5. The molecule has 104 valence electrons. The van der Waals surface area contributed by atoms with Crippen molar-refractivity contribution in [1.29, 1.82) is 0 Å². The lowest BCUT2D eigenvalue weighted by atomic mass is 9.87. The van der Waals surface area contributed by atoms with Crippen LogP contribution in [0.3, 0.4) is 0 Å². The monoisotopic (exact) mass is 261 g/mol. The number of aromatic nitrogens is 2. The van der Waals surface area contributed by atoms with Crippen molar-refractivity contribution >= 4 is 5.91 Å². The van der Waals surface area contributed by atoms with Gasteiger partial charge in [0.25, 0.3) is 0 Å². The van der Waals surface area contributed by atoms with Crippen molar-refractivity contribution in [2.45, 2.75) is 51.4 Å². The Morgan fingerprint density at radius 2 is 2.16 bits per heavy atom. The van der Waals surface area contributed by atoms with Gasteiger partial charge in [0.15, 0.2) is 0 Å². The summed E-state index contributed by atoms with van der Waals surface area (Å²) in [6, 6.07) is 0. The minimum atomic E-state index is 0.136. The minimum Gasteiger partial charge on any atom is -0.356 e. The van der Waals surface area contributed by atoms with Crippen LogP contribution in [0.25, 0.3) is 0 Å². The normalized spacial score (nSPS) is 23.9. The summed E-state index contributed by atoms with van der Waals surface area (Å²) in [6.45, 7) is 0.880. The van der Waals surface area contributed by atoms with Crippen LogP contribution in [0.1, 0.15) is 49.9 Å². The Kier molecular flexibility index (Phi) is 3.85. The van der Waals surface area contributed by atoms with Gasteiger partial charge in [0.2, 0.25) is 5.91 Å². The van der Waals surface area contributed by atoms with Crippen molar-refractivity contribution in [2.75, 3.05) is 6.54 Å². The molecule has 1 aromatic rings. The number of fused-ring (bicyclic) bond motifs is 1. The third-order valence-electron chi connectivity index (χ3n) is 4.65. The van der Waals surface area contributed by atoms with Crippen LogP contribution in [0.4, 0.5) is 0 Å². The summed E-state index contributed by atoms with van der Waals surface area (Å²) in [5.74, 6) is 1.09. The maximum absolute atomic E-state index is 12.2. The van der Waals surface area contributed by atoms with Crippen LogP contribution in [-0.4, -0.2) is 22.4 Å². The van der Waals surface area contributed by atoms with E-state index in [0.717, 1.165) is 37.2 Å². The summed E-state index contributed by atoms with van der Waals surface area (Å²) in [5, 5.41) is 3.17.